The predicted molar refractivity (Wildman–Crippen MR) is 162 cm³/mol. The van der Waals surface area contributed by atoms with Crippen molar-refractivity contribution < 1.29 is 39.0 Å². The second-order valence-corrected chi connectivity index (χ2v) is 12.8. The quantitative estimate of drug-likeness (QED) is 0.0562. The fourth-order valence-corrected chi connectivity index (χ4v) is 4.90. The van der Waals surface area contributed by atoms with Crippen molar-refractivity contribution in [3.63, 3.8) is 0 Å². The lowest BCUT2D eigenvalue weighted by Gasteiger charge is -2.26. The number of carboxylic acids is 1. The molecule has 0 aliphatic rings. The average Bonchev–Trinajstić information content (AvgIpc) is 2.88. The number of thioether (sulfide) groups is 1. The summed E-state index contributed by atoms with van der Waals surface area (Å²) in [4.78, 5) is 79.2. The molecule has 0 saturated heterocycles. The van der Waals surface area contributed by atoms with Gasteiger partial charge in [0.15, 0.2) is 17.5 Å². The highest BCUT2D eigenvalue weighted by atomic mass is 32.2. The fraction of sp³-hybridized carbons (Fsp3) is 0.750. The summed E-state index contributed by atoms with van der Waals surface area (Å²) >= 11 is 1.53. The van der Waals surface area contributed by atoms with Crippen LogP contribution in [0.4, 0.5) is 0 Å². The Bertz CT molecular complexity index is 968. The Morgan fingerprint density at radius 2 is 1.43 bits per heavy atom. The number of ketones is 3. The van der Waals surface area contributed by atoms with Gasteiger partial charge in [0.1, 0.15) is 11.8 Å². The van der Waals surface area contributed by atoms with Gasteiger partial charge in [-0.2, -0.15) is 11.8 Å². The number of aliphatic hydroxyl groups is 1. The van der Waals surface area contributed by atoms with E-state index in [-0.39, 0.29) is 55.1 Å². The lowest BCUT2D eigenvalue weighted by atomic mass is 9.86. The number of guanidine groups is 1. The summed E-state index contributed by atoms with van der Waals surface area (Å²) in [7, 11) is 0. The summed E-state index contributed by atoms with van der Waals surface area (Å²) in [6.45, 7) is 9.61. The molecule has 0 heterocycles. The molecule has 0 aliphatic heterocycles. The van der Waals surface area contributed by atoms with Crippen LogP contribution in [0.3, 0.4) is 0 Å². The number of aliphatic hydroxyl groups excluding tert-OH is 1. The van der Waals surface area contributed by atoms with E-state index in [0.29, 0.717) is 12.2 Å². The summed E-state index contributed by atoms with van der Waals surface area (Å²) < 4.78 is 0. The number of carbonyl (C=O) groups excluding carboxylic acids is 5. The Morgan fingerprint density at radius 3 is 1.90 bits per heavy atom. The van der Waals surface area contributed by atoms with Crippen LogP contribution < -0.4 is 22.1 Å². The number of hydrogen-bond acceptors (Lipinski definition) is 9. The van der Waals surface area contributed by atoms with Crippen molar-refractivity contribution in [1.29, 1.82) is 0 Å². The van der Waals surface area contributed by atoms with Gasteiger partial charge in [0.2, 0.25) is 11.8 Å². The molecular formula is C28H49N5O8S. The molecule has 0 fully saturated rings. The number of carbonyl (C=O) groups is 6. The maximum Gasteiger partial charge on any atom is 0.306 e. The molecule has 8 N–H and O–H groups in total. The average molecular weight is 616 g/mol. The molecule has 0 aromatic heterocycles. The zero-order valence-electron chi connectivity index (χ0n) is 25.6. The molecule has 5 atom stereocenters. The van der Waals surface area contributed by atoms with E-state index in [1.807, 2.05) is 13.8 Å². The Balaban J connectivity index is 5.82. The lowest BCUT2D eigenvalue weighted by Crippen LogP contribution is -2.49. The van der Waals surface area contributed by atoms with Crippen LogP contribution >= 0.6 is 11.8 Å². The van der Waals surface area contributed by atoms with E-state index in [2.05, 4.69) is 15.6 Å². The van der Waals surface area contributed by atoms with Crippen LogP contribution in [0.2, 0.25) is 0 Å². The summed E-state index contributed by atoms with van der Waals surface area (Å²) in [5.41, 5.74) is 10.8. The van der Waals surface area contributed by atoms with Gasteiger partial charge in [-0.3, -0.25) is 29.0 Å². The van der Waals surface area contributed by atoms with Crippen LogP contribution in [0.15, 0.2) is 4.99 Å². The Labute approximate surface area is 252 Å². The summed E-state index contributed by atoms with van der Waals surface area (Å²) in [5.74, 6) is -6.12. The van der Waals surface area contributed by atoms with Gasteiger partial charge in [0.05, 0.1) is 24.5 Å². The van der Waals surface area contributed by atoms with Crippen molar-refractivity contribution in [2.75, 3.05) is 18.9 Å². The monoisotopic (exact) mass is 615 g/mol. The van der Waals surface area contributed by atoms with Crippen molar-refractivity contribution in [1.82, 2.24) is 10.6 Å². The first-order chi connectivity index (χ1) is 19.5. The van der Waals surface area contributed by atoms with Crippen molar-refractivity contribution in [3.8, 4) is 0 Å². The predicted octanol–water partition coefficient (Wildman–Crippen LogP) is 0.650. The number of aliphatic carboxylic acids is 1. The summed E-state index contributed by atoms with van der Waals surface area (Å²) in [6.07, 6.45) is -0.0926. The molecule has 0 spiro atoms. The van der Waals surface area contributed by atoms with Crippen molar-refractivity contribution in [3.05, 3.63) is 0 Å². The van der Waals surface area contributed by atoms with E-state index < -0.39 is 65.8 Å². The van der Waals surface area contributed by atoms with Gasteiger partial charge >= 0.3 is 5.97 Å². The van der Waals surface area contributed by atoms with Crippen molar-refractivity contribution >= 4 is 52.9 Å². The van der Waals surface area contributed by atoms with Crippen LogP contribution in [-0.4, -0.2) is 87.5 Å². The van der Waals surface area contributed by atoms with Gasteiger partial charge in [-0.25, -0.2) is 0 Å². The van der Waals surface area contributed by atoms with E-state index in [1.54, 1.807) is 13.8 Å². The number of aliphatic imine (C=N–C) groups is 1. The van der Waals surface area contributed by atoms with Crippen LogP contribution in [-0.2, 0) is 28.8 Å². The third kappa shape index (κ3) is 15.9. The Hall–Kier alpha value is -3.00. The van der Waals surface area contributed by atoms with E-state index in [9.17, 15) is 33.9 Å². The molecule has 0 aromatic carbocycles. The van der Waals surface area contributed by atoms with E-state index in [4.69, 9.17) is 16.6 Å². The summed E-state index contributed by atoms with van der Waals surface area (Å²) in [6, 6.07) is -2.30. The second-order valence-electron chi connectivity index (χ2n) is 11.2. The highest BCUT2D eigenvalue weighted by molar-refractivity contribution is 7.99. The number of nitrogens with two attached hydrogens (primary N) is 2. The summed E-state index contributed by atoms with van der Waals surface area (Å²) in [5, 5.41) is 24.2. The first-order valence-electron chi connectivity index (χ1n) is 14.2. The molecule has 0 aliphatic carbocycles. The minimum absolute atomic E-state index is 0.0224. The molecule has 240 valence electrons. The number of amides is 2. The second kappa shape index (κ2) is 20.0. The molecule has 13 nitrogen and oxygen atoms in total. The number of Topliss-reactive ketones (excluding diaryl/α,β-unsaturated/α-hetero) is 3. The molecular weight excluding hydrogens is 566 g/mol. The van der Waals surface area contributed by atoms with Gasteiger partial charge in [0, 0.05) is 37.5 Å². The number of nitrogens with one attached hydrogen (secondary N) is 2. The Morgan fingerprint density at radius 1 is 0.857 bits per heavy atom. The zero-order valence-corrected chi connectivity index (χ0v) is 26.4. The van der Waals surface area contributed by atoms with Gasteiger partial charge in [-0.1, -0.05) is 34.6 Å². The van der Waals surface area contributed by atoms with Gasteiger partial charge < -0.3 is 37.1 Å². The van der Waals surface area contributed by atoms with Gasteiger partial charge in [0.25, 0.3) is 0 Å². The molecule has 0 saturated carbocycles. The number of nitrogens with zero attached hydrogens (tertiary/aromatic N) is 1. The maximum absolute atomic E-state index is 13.5. The molecule has 14 heteroatoms. The van der Waals surface area contributed by atoms with Crippen LogP contribution in [0.5, 0.6) is 0 Å². The first kappa shape index (κ1) is 39.0. The fourth-order valence-electron chi connectivity index (χ4n) is 4.02. The number of hydrogen-bond donors (Lipinski definition) is 6. The lowest BCUT2D eigenvalue weighted by molar-refractivity contribution is -0.143. The van der Waals surface area contributed by atoms with E-state index in [1.165, 1.54) is 25.6 Å². The Kier molecular flexibility index (Phi) is 18.6. The largest absolute Gasteiger partial charge is 0.481 e. The zero-order chi connectivity index (χ0) is 32.6. The highest BCUT2D eigenvalue weighted by Crippen LogP contribution is 2.21. The molecule has 0 rings (SSSR count). The molecule has 0 aromatic rings. The van der Waals surface area contributed by atoms with Gasteiger partial charge in [-0.15, -0.1) is 0 Å². The van der Waals surface area contributed by atoms with Gasteiger partial charge in [-0.05, 0) is 30.9 Å². The molecule has 0 radical (unpaired) electrons. The standard InChI is InChI=1S/C28H49N5O8S/c1-15(2)20(26(39)33-22(13-34)23(36)10-17(5)27(40)41)12-24(37)21(8-7-9-31-28(29)30)32-25(38)19(11-18(6)35)14-42-16(3)4/h15-17,19-22,34H,7-14H2,1-6H3,(H,32,38)(H,33,39)(H,40,41)(H4,29,30,31)/t17-,19+,20+,21+,22+/m1/s1. The minimum atomic E-state index is -1.32. The number of carboxylic acid groups (broad SMARTS) is 1. The maximum atomic E-state index is 13.5. The number of rotatable bonds is 22. The topological polar surface area (TPSA) is 231 Å². The molecule has 0 unspecified atom stereocenters. The highest BCUT2D eigenvalue weighted by Gasteiger charge is 2.33. The first-order valence-corrected chi connectivity index (χ1v) is 15.2. The third-order valence-electron chi connectivity index (χ3n) is 6.57. The van der Waals surface area contributed by atoms with E-state index in [0.717, 1.165) is 0 Å². The third-order valence-corrected chi connectivity index (χ3v) is 7.83. The van der Waals surface area contributed by atoms with Crippen LogP contribution in [0, 0.1) is 23.7 Å². The molecule has 2 amide bonds. The minimum Gasteiger partial charge on any atom is -0.481 e. The smallest absolute Gasteiger partial charge is 0.306 e. The van der Waals surface area contributed by atoms with Crippen LogP contribution in [0.25, 0.3) is 0 Å². The van der Waals surface area contributed by atoms with E-state index >= 15 is 0 Å². The molecule has 42 heavy (non-hydrogen) atoms. The van der Waals surface area contributed by atoms with Crippen molar-refractivity contribution in [2.24, 2.45) is 40.1 Å². The van der Waals surface area contributed by atoms with Crippen LogP contribution in [0.1, 0.15) is 73.6 Å². The van der Waals surface area contributed by atoms with Crippen molar-refractivity contribution in [2.45, 2.75) is 91.0 Å². The molecule has 0 bridgehead atoms. The SMILES string of the molecule is CC(=O)C[C@@H](CSC(C)C)C(=O)N[C@@H](CCCN=C(N)N)C(=O)C[C@H](C(=O)N[C@@H](CO)C(=O)C[C@@H](C)C(=O)O)C(C)C. The normalized spacial score (nSPS) is 14.8.